The van der Waals surface area contributed by atoms with Gasteiger partial charge < -0.3 is 24.8 Å². The number of benzene rings is 3. The maximum Gasteiger partial charge on any atom is 0.338 e. The van der Waals surface area contributed by atoms with Gasteiger partial charge in [-0.2, -0.15) is 5.10 Å². The molecular weight excluding hydrogens is 828 g/mol. The van der Waals surface area contributed by atoms with Gasteiger partial charge in [0.15, 0.2) is 11.7 Å². The lowest BCUT2D eigenvalue weighted by atomic mass is 9.95. The summed E-state index contributed by atoms with van der Waals surface area (Å²) in [5.41, 5.74) is 5.56. The van der Waals surface area contributed by atoms with E-state index in [9.17, 15) is 19.7 Å². The highest BCUT2D eigenvalue weighted by molar-refractivity contribution is 14.1. The number of para-hydroxylation sites is 1. The van der Waals surface area contributed by atoms with Gasteiger partial charge >= 0.3 is 5.97 Å². The second-order valence-electron chi connectivity index (χ2n) is 9.44. The summed E-state index contributed by atoms with van der Waals surface area (Å²) in [5, 5.41) is 21.3. The van der Waals surface area contributed by atoms with Crippen LogP contribution in [0.2, 0.25) is 0 Å². The Labute approximate surface area is 291 Å². The van der Waals surface area contributed by atoms with Crippen LogP contribution in [0.1, 0.15) is 36.6 Å². The molecule has 3 aromatic rings. The molecule has 15 heteroatoms. The van der Waals surface area contributed by atoms with Crippen molar-refractivity contribution in [1.82, 2.24) is 16.1 Å². The number of amides is 1. The number of carbonyl (C=O) groups excluding carboxylic acids is 2. The number of hydrazone groups is 1. The molecule has 0 aromatic heterocycles. The average Bonchev–Trinajstić information content (AvgIpc) is 2.99. The molecule has 0 radical (unpaired) electrons. The number of hydrogen-bond donors (Lipinski definition) is 3. The van der Waals surface area contributed by atoms with Gasteiger partial charge in [0.1, 0.15) is 18.1 Å². The normalized spacial score (nSPS) is 14.4. The number of ether oxygens (including phenoxy) is 3. The molecule has 0 bridgehead atoms. The zero-order valence-corrected chi connectivity index (χ0v) is 29.1. The Balaban J connectivity index is 1.36. The monoisotopic (exact) mass is 855 g/mol. The molecule has 1 amide bonds. The van der Waals surface area contributed by atoms with Crippen molar-refractivity contribution in [2.24, 2.45) is 5.10 Å². The van der Waals surface area contributed by atoms with Crippen LogP contribution in [0.5, 0.6) is 11.5 Å². The predicted molar refractivity (Wildman–Crippen MR) is 188 cm³/mol. The standard InChI is InChI=1S/C30H27I2N5O7S/c1-3-42-29(39)26-17(2)34-30(45)35-27(26)21-6-4-5-7-24(21)43-16-25(38)36-33-14-19-12-22(31)28(23(32)13-19)44-15-18-8-10-20(11-9-18)37(40)41/h4-14,27H,3,15-16H2,1-2H3,(H,36,38)(H2,34,35,45)/t27-/m0/s1. The van der Waals surface area contributed by atoms with Gasteiger partial charge in [-0.05, 0) is 113 Å². The molecule has 3 N–H and O–H groups in total. The third kappa shape index (κ3) is 9.10. The predicted octanol–water partition coefficient (Wildman–Crippen LogP) is 5.27. The molecule has 0 spiro atoms. The van der Waals surface area contributed by atoms with Crippen molar-refractivity contribution in [2.75, 3.05) is 13.2 Å². The van der Waals surface area contributed by atoms with E-state index >= 15 is 0 Å². The second-order valence-corrected chi connectivity index (χ2v) is 12.2. The minimum Gasteiger partial charge on any atom is -0.487 e. The number of rotatable bonds is 12. The van der Waals surface area contributed by atoms with Gasteiger partial charge in [-0.3, -0.25) is 14.9 Å². The lowest BCUT2D eigenvalue weighted by Gasteiger charge is -2.30. The summed E-state index contributed by atoms with van der Waals surface area (Å²) in [6.45, 7) is 3.61. The maximum absolute atomic E-state index is 12.7. The maximum atomic E-state index is 12.7. The van der Waals surface area contributed by atoms with Crippen LogP contribution >= 0.6 is 57.4 Å². The Morgan fingerprint density at radius 2 is 1.80 bits per heavy atom. The SMILES string of the molecule is CCOC(=O)C1=C(C)NC(=S)N[C@H]1c1ccccc1OCC(=O)NN=Cc1cc(I)c(OCc2ccc([N+](=O)[O-])cc2)c(I)c1. The number of nitro benzene ring substituents is 1. The zero-order valence-electron chi connectivity index (χ0n) is 24.0. The lowest BCUT2D eigenvalue weighted by Crippen LogP contribution is -2.45. The lowest BCUT2D eigenvalue weighted by molar-refractivity contribution is -0.384. The Hall–Kier alpha value is -3.84. The van der Waals surface area contributed by atoms with Crippen molar-refractivity contribution in [3.8, 4) is 11.5 Å². The summed E-state index contributed by atoms with van der Waals surface area (Å²) in [6.07, 6.45) is 1.51. The molecule has 4 rings (SSSR count). The number of hydrogen-bond acceptors (Lipinski definition) is 9. The van der Waals surface area contributed by atoms with Crippen LogP contribution in [0.15, 0.2) is 77.0 Å². The van der Waals surface area contributed by atoms with Crippen LogP contribution in [0.3, 0.4) is 0 Å². The minimum atomic E-state index is -0.638. The molecular formula is C30H27I2N5O7S. The number of carbonyl (C=O) groups is 2. The van der Waals surface area contributed by atoms with Gasteiger partial charge in [0.05, 0.1) is 36.5 Å². The summed E-state index contributed by atoms with van der Waals surface area (Å²) in [7, 11) is 0. The van der Waals surface area contributed by atoms with Crippen molar-refractivity contribution in [3.05, 3.63) is 106 Å². The van der Waals surface area contributed by atoms with Gasteiger partial charge in [-0.15, -0.1) is 0 Å². The first kappa shape index (κ1) is 34.0. The number of nitrogens with zero attached hydrogens (tertiary/aromatic N) is 2. The fraction of sp³-hybridized carbons (Fsp3) is 0.200. The fourth-order valence-electron chi connectivity index (χ4n) is 4.27. The molecule has 0 aliphatic carbocycles. The van der Waals surface area contributed by atoms with E-state index in [4.69, 9.17) is 26.4 Å². The van der Waals surface area contributed by atoms with E-state index in [0.717, 1.165) is 18.3 Å². The van der Waals surface area contributed by atoms with E-state index in [0.29, 0.717) is 33.4 Å². The van der Waals surface area contributed by atoms with E-state index in [1.807, 2.05) is 12.1 Å². The van der Waals surface area contributed by atoms with Crippen molar-refractivity contribution in [2.45, 2.75) is 26.5 Å². The summed E-state index contributed by atoms with van der Waals surface area (Å²) in [5.74, 6) is 0.0854. The fourth-order valence-corrected chi connectivity index (χ4v) is 6.67. The number of halogens is 2. The number of thiocarbonyl (C=S) groups is 1. The van der Waals surface area contributed by atoms with E-state index in [1.165, 1.54) is 18.3 Å². The molecule has 0 fully saturated rings. The Bertz CT molecular complexity index is 1660. The Kier molecular flexibility index (Phi) is 12.1. The topological polar surface area (TPSA) is 153 Å². The quantitative estimate of drug-likeness (QED) is 0.0549. The van der Waals surface area contributed by atoms with Gasteiger partial charge in [0.25, 0.3) is 11.6 Å². The molecule has 45 heavy (non-hydrogen) atoms. The number of nitrogens with one attached hydrogen (secondary N) is 3. The van der Waals surface area contributed by atoms with Crippen LogP contribution < -0.4 is 25.5 Å². The highest BCUT2D eigenvalue weighted by Gasteiger charge is 2.32. The molecule has 12 nitrogen and oxygen atoms in total. The van der Waals surface area contributed by atoms with E-state index in [-0.39, 0.29) is 25.5 Å². The van der Waals surface area contributed by atoms with Gasteiger partial charge in [-0.25, -0.2) is 10.2 Å². The third-order valence-electron chi connectivity index (χ3n) is 6.31. The van der Waals surface area contributed by atoms with Gasteiger partial charge in [-0.1, -0.05) is 18.2 Å². The minimum absolute atomic E-state index is 0.0202. The zero-order chi connectivity index (χ0) is 32.5. The summed E-state index contributed by atoms with van der Waals surface area (Å²) < 4.78 is 18.7. The first-order valence-corrected chi connectivity index (χ1v) is 16.0. The molecule has 0 saturated carbocycles. The van der Waals surface area contributed by atoms with Crippen LogP contribution in [0, 0.1) is 17.3 Å². The van der Waals surface area contributed by atoms with Crippen molar-refractivity contribution in [1.29, 1.82) is 0 Å². The Morgan fingerprint density at radius 3 is 2.47 bits per heavy atom. The summed E-state index contributed by atoms with van der Waals surface area (Å²) in [4.78, 5) is 35.7. The van der Waals surface area contributed by atoms with Gasteiger partial charge in [0, 0.05) is 23.4 Å². The van der Waals surface area contributed by atoms with E-state index < -0.39 is 22.8 Å². The smallest absolute Gasteiger partial charge is 0.338 e. The second kappa shape index (κ2) is 15.9. The first-order valence-electron chi connectivity index (χ1n) is 13.4. The number of nitro groups is 1. The van der Waals surface area contributed by atoms with Crippen LogP contribution in [0.4, 0.5) is 5.69 Å². The highest BCUT2D eigenvalue weighted by atomic mass is 127. The van der Waals surface area contributed by atoms with E-state index in [2.05, 4.69) is 66.3 Å². The molecule has 1 aliphatic heterocycles. The van der Waals surface area contributed by atoms with Crippen molar-refractivity contribution in [3.63, 3.8) is 0 Å². The first-order chi connectivity index (χ1) is 21.6. The molecule has 0 unspecified atom stereocenters. The number of non-ortho nitro benzene ring substituents is 1. The molecule has 234 valence electrons. The van der Waals surface area contributed by atoms with Crippen molar-refractivity contribution >= 4 is 86.3 Å². The largest absolute Gasteiger partial charge is 0.487 e. The molecule has 1 aliphatic rings. The average molecular weight is 855 g/mol. The number of esters is 1. The highest BCUT2D eigenvalue weighted by Crippen LogP contribution is 2.34. The van der Waals surface area contributed by atoms with Crippen LogP contribution in [0.25, 0.3) is 0 Å². The van der Waals surface area contributed by atoms with Crippen LogP contribution in [-0.2, 0) is 20.9 Å². The summed E-state index contributed by atoms with van der Waals surface area (Å²) >= 11 is 9.61. The Morgan fingerprint density at radius 1 is 1.11 bits per heavy atom. The molecule has 1 atom stereocenters. The van der Waals surface area contributed by atoms with Crippen molar-refractivity contribution < 1.29 is 28.7 Å². The molecule has 0 saturated heterocycles. The summed E-state index contributed by atoms with van der Waals surface area (Å²) in [6, 6.07) is 16.3. The van der Waals surface area contributed by atoms with E-state index in [1.54, 1.807) is 50.2 Å². The molecule has 1 heterocycles. The third-order valence-corrected chi connectivity index (χ3v) is 8.13. The number of allylic oxidation sites excluding steroid dienone is 1. The van der Waals surface area contributed by atoms with Gasteiger partial charge in [0.2, 0.25) is 0 Å². The molecule has 3 aromatic carbocycles. The van der Waals surface area contributed by atoms with Crippen LogP contribution in [-0.4, -0.2) is 41.3 Å².